The van der Waals surface area contributed by atoms with Crippen molar-refractivity contribution >= 4 is 35.5 Å². The summed E-state index contributed by atoms with van der Waals surface area (Å²) in [5, 5.41) is 9.35. The van der Waals surface area contributed by atoms with E-state index in [1.54, 1.807) is 43.0 Å². The number of amides is 2. The van der Waals surface area contributed by atoms with Gasteiger partial charge >= 0.3 is 6.03 Å². The summed E-state index contributed by atoms with van der Waals surface area (Å²) in [5.41, 5.74) is 4.89. The number of aryl methyl sites for hydroxylation is 1. The zero-order chi connectivity index (χ0) is 27.9. The van der Waals surface area contributed by atoms with Gasteiger partial charge in [-0.15, -0.1) is 0 Å². The number of H-pyrrole nitrogens is 1. The normalized spacial score (nSPS) is 10.6. The molecule has 5 aromatic heterocycles. The van der Waals surface area contributed by atoms with E-state index < -0.39 is 6.03 Å². The molecule has 0 aliphatic heterocycles. The Morgan fingerprint density at radius 1 is 1.12 bits per heavy atom. The van der Waals surface area contributed by atoms with E-state index in [1.165, 1.54) is 6.33 Å². The number of fused-ring (bicyclic) bond motifs is 1. The Morgan fingerprint density at radius 2 is 1.95 bits per heavy atom. The van der Waals surface area contributed by atoms with E-state index in [2.05, 4.69) is 57.4 Å². The van der Waals surface area contributed by atoms with Gasteiger partial charge in [0.1, 0.15) is 29.7 Å². The number of hydrogen-bond acceptors (Lipinski definition) is 9. The average Bonchev–Trinajstić information content (AvgIpc) is 3.74. The lowest BCUT2D eigenvalue weighted by atomic mass is 10.2. The summed E-state index contributed by atoms with van der Waals surface area (Å²) in [6.07, 6.45) is 8.38. The van der Waals surface area contributed by atoms with Crippen LogP contribution in [0.4, 0.5) is 16.4 Å². The van der Waals surface area contributed by atoms with Crippen LogP contribution in [0.5, 0.6) is 0 Å². The molecule has 0 atom stereocenters. The van der Waals surface area contributed by atoms with Gasteiger partial charge in [-0.1, -0.05) is 5.16 Å². The first kappa shape index (κ1) is 25.9. The Bertz CT molecular complexity index is 1740. The molecule has 0 radical (unpaired) electrons. The highest BCUT2D eigenvalue weighted by molar-refractivity contribution is 5.99. The zero-order valence-electron chi connectivity index (χ0n) is 21.7. The fraction of sp³-hybridized carbons (Fsp3) is 0.111. The summed E-state index contributed by atoms with van der Waals surface area (Å²) in [6.45, 7) is 7.92. The van der Waals surface area contributed by atoms with Crippen LogP contribution in [0.15, 0.2) is 83.2 Å². The van der Waals surface area contributed by atoms with Gasteiger partial charge in [0.15, 0.2) is 11.5 Å². The van der Waals surface area contributed by atoms with Crippen LogP contribution in [0.1, 0.15) is 12.6 Å². The minimum atomic E-state index is -0.462. The number of hydrogen-bond donors (Lipinski definition) is 3. The lowest BCUT2D eigenvalue weighted by Crippen LogP contribution is -2.18. The molecule has 1 aromatic carbocycles. The van der Waals surface area contributed by atoms with Crippen molar-refractivity contribution in [3.63, 3.8) is 0 Å². The predicted octanol–water partition coefficient (Wildman–Crippen LogP) is 4.91. The lowest BCUT2D eigenvalue weighted by Gasteiger charge is -2.05. The van der Waals surface area contributed by atoms with Crippen molar-refractivity contribution in [1.29, 1.82) is 0 Å². The van der Waals surface area contributed by atoms with E-state index in [-0.39, 0.29) is 5.88 Å². The van der Waals surface area contributed by atoms with Crippen molar-refractivity contribution in [2.45, 2.75) is 13.8 Å². The molecule has 6 rings (SSSR count). The van der Waals surface area contributed by atoms with Crippen molar-refractivity contribution in [2.75, 3.05) is 17.2 Å². The molecule has 3 N–H and O–H groups in total. The Kier molecular flexibility index (Phi) is 7.62. The molecule has 0 aliphatic rings. The molecule has 5 heterocycles. The number of nitrogens with one attached hydrogen (secondary N) is 3. The molecule has 0 bridgehead atoms. The maximum atomic E-state index is 12.4. The van der Waals surface area contributed by atoms with Crippen molar-refractivity contribution in [3.05, 3.63) is 79.4 Å². The maximum Gasteiger partial charge on any atom is 0.326 e. The van der Waals surface area contributed by atoms with Crippen molar-refractivity contribution < 1.29 is 9.32 Å². The van der Waals surface area contributed by atoms with Gasteiger partial charge in [-0.05, 0) is 57.0 Å². The fourth-order valence-electron chi connectivity index (χ4n) is 3.66. The Labute approximate surface area is 228 Å². The van der Waals surface area contributed by atoms with Crippen LogP contribution < -0.4 is 10.6 Å². The molecule has 2 amide bonds. The zero-order valence-corrected chi connectivity index (χ0v) is 21.7. The van der Waals surface area contributed by atoms with E-state index in [0.29, 0.717) is 34.2 Å². The number of nitrogens with zero attached hydrogens (tertiary/aromatic N) is 8. The smallest absolute Gasteiger partial charge is 0.326 e. The second-order valence-corrected chi connectivity index (χ2v) is 8.42. The number of carbonyl (C=O) groups excluding carboxylic acids is 1. The number of rotatable bonds is 6. The van der Waals surface area contributed by atoms with Gasteiger partial charge in [0, 0.05) is 48.0 Å². The number of aromatic nitrogens is 8. The third-order valence-electron chi connectivity index (χ3n) is 5.57. The van der Waals surface area contributed by atoms with Crippen LogP contribution in [0.3, 0.4) is 0 Å². The van der Waals surface area contributed by atoms with E-state index in [9.17, 15) is 4.79 Å². The van der Waals surface area contributed by atoms with Crippen LogP contribution in [0.2, 0.25) is 0 Å². The number of anilines is 2. The molecule has 0 aliphatic carbocycles. The molecular weight excluding hydrogens is 510 g/mol. The van der Waals surface area contributed by atoms with Gasteiger partial charge in [-0.25, -0.2) is 24.7 Å². The van der Waals surface area contributed by atoms with E-state index >= 15 is 0 Å². The van der Waals surface area contributed by atoms with E-state index in [1.807, 2.05) is 42.8 Å². The lowest BCUT2D eigenvalue weighted by molar-refractivity contribution is 0.261. The topological polar surface area (TPSA) is 165 Å². The molecule has 200 valence electrons. The molecule has 0 saturated carbocycles. The third kappa shape index (κ3) is 5.88. The Hall–Kier alpha value is -5.72. The molecule has 40 heavy (non-hydrogen) atoms. The number of imidazole rings is 2. The number of carbonyl (C=O) groups is 1. The molecule has 0 saturated heterocycles. The molecule has 13 heteroatoms. The van der Waals surface area contributed by atoms with Gasteiger partial charge in [-0.2, -0.15) is 0 Å². The number of urea groups is 1. The highest BCUT2D eigenvalue weighted by Gasteiger charge is 2.14. The van der Waals surface area contributed by atoms with Crippen molar-refractivity contribution in [1.82, 2.24) is 39.6 Å². The number of aliphatic imine (C=N–C) groups is 1. The maximum absolute atomic E-state index is 12.4. The van der Waals surface area contributed by atoms with Crippen LogP contribution >= 0.6 is 0 Å². The van der Waals surface area contributed by atoms with E-state index in [4.69, 9.17) is 4.52 Å². The summed E-state index contributed by atoms with van der Waals surface area (Å²) in [7, 11) is 0. The second-order valence-electron chi connectivity index (χ2n) is 8.42. The SMILES string of the molecule is C=NCC.Cc1cn(-c2ncnc3nc(-c4ccc(NC(=O)Nc5cc(-c6cccnc6)no5)cc4)[nH]c23)cn1. The molecule has 13 nitrogen and oxygen atoms in total. The van der Waals surface area contributed by atoms with Crippen LogP contribution in [0.25, 0.3) is 39.6 Å². The van der Waals surface area contributed by atoms with Crippen LogP contribution in [-0.2, 0) is 0 Å². The highest BCUT2D eigenvalue weighted by Crippen LogP contribution is 2.24. The summed E-state index contributed by atoms with van der Waals surface area (Å²) < 4.78 is 7.02. The molecule has 0 fully saturated rings. The fourth-order valence-corrected chi connectivity index (χ4v) is 3.66. The van der Waals surface area contributed by atoms with E-state index in [0.717, 1.165) is 23.4 Å². The van der Waals surface area contributed by atoms with Gasteiger partial charge in [-0.3, -0.25) is 14.9 Å². The summed E-state index contributed by atoms with van der Waals surface area (Å²) >= 11 is 0. The second kappa shape index (κ2) is 11.8. The summed E-state index contributed by atoms with van der Waals surface area (Å²) in [6, 6.07) is 12.0. The minimum Gasteiger partial charge on any atom is -0.338 e. The first-order valence-electron chi connectivity index (χ1n) is 12.2. The van der Waals surface area contributed by atoms with Crippen molar-refractivity contribution in [3.8, 4) is 28.5 Å². The van der Waals surface area contributed by atoms with Gasteiger partial charge < -0.3 is 19.8 Å². The van der Waals surface area contributed by atoms with Gasteiger partial charge in [0.25, 0.3) is 0 Å². The third-order valence-corrected chi connectivity index (χ3v) is 5.57. The monoisotopic (exact) mass is 535 g/mol. The minimum absolute atomic E-state index is 0.218. The first-order chi connectivity index (χ1) is 19.5. The molecule has 0 unspecified atom stereocenters. The summed E-state index contributed by atoms with van der Waals surface area (Å²) in [4.78, 5) is 40.7. The molecule has 6 aromatic rings. The van der Waals surface area contributed by atoms with Crippen LogP contribution in [0, 0.1) is 6.92 Å². The first-order valence-corrected chi connectivity index (χ1v) is 12.2. The predicted molar refractivity (Wildman–Crippen MR) is 151 cm³/mol. The standard InChI is InChI=1S/C24H18N10O2.C3H7N/c1-14-11-34(13-28-14)23-20-22(26-12-27-23)32-21(31-20)15-4-6-17(7-5-15)29-24(35)30-19-9-18(33-36-19)16-3-2-8-25-10-16;1-3-4-2/h2-13H,1H3,(H2,29,30,35)(H,26,27,31,32);2-3H2,1H3. The van der Waals surface area contributed by atoms with Gasteiger partial charge in [0.05, 0.1) is 5.69 Å². The van der Waals surface area contributed by atoms with Crippen LogP contribution in [-0.4, -0.2) is 58.9 Å². The Balaban J connectivity index is 0.000000758. The summed E-state index contributed by atoms with van der Waals surface area (Å²) in [5.74, 6) is 1.51. The number of pyridine rings is 1. The number of benzene rings is 1. The Morgan fingerprint density at radius 3 is 2.65 bits per heavy atom. The molecular formula is C27H25N11O2. The largest absolute Gasteiger partial charge is 0.338 e. The van der Waals surface area contributed by atoms with Crippen molar-refractivity contribution in [2.24, 2.45) is 4.99 Å². The molecule has 0 spiro atoms. The average molecular weight is 536 g/mol. The van der Waals surface area contributed by atoms with Gasteiger partial charge in [0.2, 0.25) is 5.88 Å². The quantitative estimate of drug-likeness (QED) is 0.253. The highest BCUT2D eigenvalue weighted by atomic mass is 16.5. The number of aromatic amines is 1.